The second kappa shape index (κ2) is 10.8. The standard InChI is InChI=1S/C19H27N5S.HI/c1-16-8-11-23(14-18(16)24-12-9-21-15-24)19(20-2)22-10-13-25-17-6-4-3-5-7-17;/h3-7,9,12,15-16,18H,8,10-11,13-14H2,1-2H3,(H,20,22);1H. The molecule has 142 valence electrons. The van der Waals surface area contributed by atoms with E-state index in [-0.39, 0.29) is 24.0 Å². The average molecular weight is 485 g/mol. The van der Waals surface area contributed by atoms with Gasteiger partial charge in [-0.25, -0.2) is 4.98 Å². The van der Waals surface area contributed by atoms with Gasteiger partial charge in [-0.3, -0.25) is 4.99 Å². The number of thioether (sulfide) groups is 1. The fraction of sp³-hybridized carbons (Fsp3) is 0.474. The Kier molecular flexibility index (Phi) is 8.77. The summed E-state index contributed by atoms with van der Waals surface area (Å²) in [6, 6.07) is 11.0. The molecule has 0 bridgehead atoms. The lowest BCUT2D eigenvalue weighted by Crippen LogP contribution is -2.49. The number of hydrogen-bond acceptors (Lipinski definition) is 3. The SMILES string of the molecule is CN=C(NCCSc1ccccc1)N1CCC(C)C(n2ccnc2)C1.I. The van der Waals surface area contributed by atoms with Crippen molar-refractivity contribution in [1.29, 1.82) is 0 Å². The second-order valence-electron chi connectivity index (χ2n) is 6.42. The van der Waals surface area contributed by atoms with Crippen LogP contribution in [0.4, 0.5) is 0 Å². The van der Waals surface area contributed by atoms with Gasteiger partial charge in [-0.05, 0) is 24.5 Å². The average Bonchev–Trinajstić information content (AvgIpc) is 3.18. The highest BCUT2D eigenvalue weighted by Gasteiger charge is 2.28. The van der Waals surface area contributed by atoms with Gasteiger partial charge >= 0.3 is 0 Å². The summed E-state index contributed by atoms with van der Waals surface area (Å²) in [5, 5.41) is 3.52. The molecule has 5 nitrogen and oxygen atoms in total. The molecule has 2 heterocycles. The zero-order chi connectivity index (χ0) is 17.5. The van der Waals surface area contributed by atoms with Crippen molar-refractivity contribution in [2.24, 2.45) is 10.9 Å². The summed E-state index contributed by atoms with van der Waals surface area (Å²) in [6.07, 6.45) is 7.02. The third-order valence-electron chi connectivity index (χ3n) is 4.73. The fourth-order valence-electron chi connectivity index (χ4n) is 3.28. The highest BCUT2D eigenvalue weighted by Crippen LogP contribution is 2.27. The minimum Gasteiger partial charge on any atom is -0.355 e. The Hall–Kier alpha value is -1.22. The molecule has 0 radical (unpaired) electrons. The van der Waals surface area contributed by atoms with Crippen LogP contribution < -0.4 is 5.32 Å². The van der Waals surface area contributed by atoms with Crippen molar-refractivity contribution in [3.05, 3.63) is 49.1 Å². The number of rotatable bonds is 5. The summed E-state index contributed by atoms with van der Waals surface area (Å²) in [5.74, 6) is 2.68. The third-order valence-corrected chi connectivity index (χ3v) is 5.75. The van der Waals surface area contributed by atoms with Crippen molar-refractivity contribution in [2.45, 2.75) is 24.3 Å². The molecule has 1 saturated heterocycles. The zero-order valence-corrected chi connectivity index (χ0v) is 18.6. The van der Waals surface area contributed by atoms with Gasteiger partial charge in [0.25, 0.3) is 0 Å². The van der Waals surface area contributed by atoms with Gasteiger partial charge in [-0.1, -0.05) is 25.1 Å². The summed E-state index contributed by atoms with van der Waals surface area (Å²) < 4.78 is 2.23. The number of nitrogens with zero attached hydrogens (tertiary/aromatic N) is 4. The van der Waals surface area contributed by atoms with Crippen LogP contribution in [0.3, 0.4) is 0 Å². The van der Waals surface area contributed by atoms with E-state index in [2.05, 4.69) is 68.2 Å². The topological polar surface area (TPSA) is 45.5 Å². The lowest BCUT2D eigenvalue weighted by molar-refractivity contribution is 0.189. The van der Waals surface area contributed by atoms with E-state index in [4.69, 9.17) is 0 Å². The van der Waals surface area contributed by atoms with E-state index >= 15 is 0 Å². The summed E-state index contributed by atoms with van der Waals surface area (Å²) >= 11 is 1.87. The van der Waals surface area contributed by atoms with Gasteiger partial charge in [0.2, 0.25) is 0 Å². The smallest absolute Gasteiger partial charge is 0.193 e. The first-order valence-corrected chi connectivity index (χ1v) is 9.87. The molecule has 26 heavy (non-hydrogen) atoms. The van der Waals surface area contributed by atoms with Crippen molar-refractivity contribution in [3.63, 3.8) is 0 Å². The summed E-state index contributed by atoms with van der Waals surface area (Å²) in [5.41, 5.74) is 0. The molecule has 1 N–H and O–H groups in total. The number of imidazole rings is 1. The third kappa shape index (κ3) is 5.64. The number of hydrogen-bond donors (Lipinski definition) is 1. The van der Waals surface area contributed by atoms with Crippen LogP contribution in [-0.4, -0.2) is 52.8 Å². The van der Waals surface area contributed by atoms with Crippen molar-refractivity contribution in [1.82, 2.24) is 19.8 Å². The van der Waals surface area contributed by atoms with Crippen LogP contribution in [0.5, 0.6) is 0 Å². The first kappa shape index (κ1) is 21.1. The molecule has 2 unspecified atom stereocenters. The van der Waals surface area contributed by atoms with Crippen LogP contribution in [0.2, 0.25) is 0 Å². The monoisotopic (exact) mass is 485 g/mol. The van der Waals surface area contributed by atoms with E-state index in [1.807, 2.05) is 31.3 Å². The maximum atomic E-state index is 4.49. The Labute approximate surface area is 177 Å². The Balaban J connectivity index is 0.00000243. The first-order chi connectivity index (χ1) is 12.3. The Morgan fingerprint density at radius 2 is 2.15 bits per heavy atom. The molecule has 0 aliphatic carbocycles. The van der Waals surface area contributed by atoms with Gasteiger partial charge in [0.05, 0.1) is 12.4 Å². The quantitative estimate of drug-likeness (QED) is 0.231. The van der Waals surface area contributed by atoms with E-state index in [9.17, 15) is 0 Å². The Morgan fingerprint density at radius 3 is 2.85 bits per heavy atom. The number of benzene rings is 1. The molecule has 7 heteroatoms. The maximum Gasteiger partial charge on any atom is 0.193 e. The summed E-state index contributed by atoms with van der Waals surface area (Å²) in [7, 11) is 1.87. The van der Waals surface area contributed by atoms with Crippen LogP contribution in [0.25, 0.3) is 0 Å². The predicted molar refractivity (Wildman–Crippen MR) is 121 cm³/mol. The van der Waals surface area contributed by atoms with E-state index in [1.165, 1.54) is 11.3 Å². The van der Waals surface area contributed by atoms with E-state index in [0.29, 0.717) is 12.0 Å². The number of nitrogens with one attached hydrogen (secondary N) is 1. The van der Waals surface area contributed by atoms with Crippen molar-refractivity contribution in [3.8, 4) is 0 Å². The molecular weight excluding hydrogens is 457 g/mol. The second-order valence-corrected chi connectivity index (χ2v) is 7.59. The van der Waals surface area contributed by atoms with Gasteiger partial charge in [0.15, 0.2) is 5.96 Å². The highest BCUT2D eigenvalue weighted by molar-refractivity contribution is 14.0. The highest BCUT2D eigenvalue weighted by atomic mass is 127. The number of aromatic nitrogens is 2. The lowest BCUT2D eigenvalue weighted by Gasteiger charge is -2.39. The van der Waals surface area contributed by atoms with Crippen molar-refractivity contribution < 1.29 is 0 Å². The number of aliphatic imine (C=N–C) groups is 1. The molecule has 0 saturated carbocycles. The molecule has 0 amide bonds. The fourth-order valence-corrected chi connectivity index (χ4v) is 4.07. The van der Waals surface area contributed by atoms with Gasteiger partial charge in [0.1, 0.15) is 0 Å². The van der Waals surface area contributed by atoms with Gasteiger partial charge in [0, 0.05) is 49.7 Å². The van der Waals surface area contributed by atoms with Crippen LogP contribution in [-0.2, 0) is 0 Å². The van der Waals surface area contributed by atoms with Crippen LogP contribution in [0.15, 0.2) is 58.9 Å². The summed E-state index contributed by atoms with van der Waals surface area (Å²) in [6.45, 7) is 5.27. The predicted octanol–water partition coefficient (Wildman–Crippen LogP) is 3.75. The molecule has 1 aliphatic heterocycles. The van der Waals surface area contributed by atoms with E-state index in [1.54, 1.807) is 0 Å². The number of piperidine rings is 1. The van der Waals surface area contributed by atoms with E-state index in [0.717, 1.165) is 31.3 Å². The molecule has 1 fully saturated rings. The zero-order valence-electron chi connectivity index (χ0n) is 15.4. The molecular formula is C19H28IN5S. The summed E-state index contributed by atoms with van der Waals surface area (Å²) in [4.78, 5) is 12.4. The maximum absolute atomic E-state index is 4.49. The Bertz CT molecular complexity index is 662. The molecule has 0 spiro atoms. The van der Waals surface area contributed by atoms with Gasteiger partial charge < -0.3 is 14.8 Å². The first-order valence-electron chi connectivity index (χ1n) is 8.89. The minimum absolute atomic E-state index is 0. The lowest BCUT2D eigenvalue weighted by atomic mass is 9.93. The van der Waals surface area contributed by atoms with Gasteiger partial charge in [-0.15, -0.1) is 35.7 Å². The minimum atomic E-state index is 0. The number of halogens is 1. The largest absolute Gasteiger partial charge is 0.355 e. The molecule has 2 atom stereocenters. The molecule has 3 rings (SSSR count). The van der Waals surface area contributed by atoms with Crippen LogP contribution in [0, 0.1) is 5.92 Å². The van der Waals surface area contributed by atoms with Crippen LogP contribution >= 0.6 is 35.7 Å². The molecule has 1 aliphatic rings. The Morgan fingerprint density at radius 1 is 1.35 bits per heavy atom. The van der Waals surface area contributed by atoms with Crippen molar-refractivity contribution in [2.75, 3.05) is 32.4 Å². The van der Waals surface area contributed by atoms with Crippen LogP contribution in [0.1, 0.15) is 19.4 Å². The van der Waals surface area contributed by atoms with E-state index < -0.39 is 0 Å². The number of likely N-dealkylation sites (tertiary alicyclic amines) is 1. The number of guanidine groups is 1. The van der Waals surface area contributed by atoms with Crippen molar-refractivity contribution >= 4 is 41.7 Å². The van der Waals surface area contributed by atoms with Gasteiger partial charge in [-0.2, -0.15) is 0 Å². The molecule has 1 aromatic heterocycles. The molecule has 2 aromatic rings. The molecule has 1 aromatic carbocycles. The normalized spacial score (nSPS) is 20.5.